The average Bonchev–Trinajstić information content (AvgIpc) is 3.29. The van der Waals surface area contributed by atoms with E-state index in [9.17, 15) is 9.59 Å². The molecule has 0 amide bonds. The minimum Gasteiger partial charge on any atom is -0.495 e. The third kappa shape index (κ3) is 4.25. The highest BCUT2D eigenvalue weighted by Gasteiger charge is 2.20. The number of rotatable bonds is 8. The Hall–Kier alpha value is -4.35. The van der Waals surface area contributed by atoms with Crippen molar-refractivity contribution in [2.45, 2.75) is 18.1 Å². The first kappa shape index (κ1) is 23.4. The highest BCUT2D eigenvalue weighted by atomic mass is 32.2. The molecule has 0 saturated carbocycles. The lowest BCUT2D eigenvalue weighted by Crippen LogP contribution is -2.22. The monoisotopic (exact) mass is 494 g/mol. The fourth-order valence-electron chi connectivity index (χ4n) is 4.27. The Morgan fingerprint density at radius 2 is 1.75 bits per heavy atom. The minimum absolute atomic E-state index is 0.0825. The van der Waals surface area contributed by atoms with Crippen LogP contribution in [0.25, 0.3) is 27.5 Å². The van der Waals surface area contributed by atoms with Crippen LogP contribution in [0.3, 0.4) is 0 Å². The van der Waals surface area contributed by atoms with Crippen LogP contribution in [0.1, 0.15) is 16.8 Å². The van der Waals surface area contributed by atoms with Gasteiger partial charge in [0.2, 0.25) is 0 Å². The van der Waals surface area contributed by atoms with Crippen molar-refractivity contribution in [3.05, 3.63) is 94.9 Å². The molecule has 3 aromatic carbocycles. The van der Waals surface area contributed by atoms with Crippen LogP contribution in [0.2, 0.25) is 0 Å². The van der Waals surface area contributed by atoms with E-state index in [-0.39, 0.29) is 17.1 Å². The van der Waals surface area contributed by atoms with Crippen molar-refractivity contribution in [3.63, 3.8) is 0 Å². The number of hydrogen-bond donors (Lipinski definition) is 0. The number of Topliss-reactive ketones (excluding diaryl/α,β-unsaturated/α-hetero) is 1. The summed E-state index contributed by atoms with van der Waals surface area (Å²) in [6.07, 6.45) is 2.17. The van der Waals surface area contributed by atoms with Crippen LogP contribution in [-0.4, -0.2) is 32.8 Å². The van der Waals surface area contributed by atoms with Gasteiger partial charge in [-0.1, -0.05) is 54.2 Å². The number of para-hydroxylation sites is 4. The lowest BCUT2D eigenvalue weighted by Gasteiger charge is -2.15. The van der Waals surface area contributed by atoms with E-state index in [4.69, 9.17) is 15.0 Å². The Labute approximate surface area is 211 Å². The van der Waals surface area contributed by atoms with E-state index < -0.39 is 0 Å². The molecule has 36 heavy (non-hydrogen) atoms. The first-order chi connectivity index (χ1) is 17.6. The van der Waals surface area contributed by atoms with E-state index >= 15 is 0 Å². The summed E-state index contributed by atoms with van der Waals surface area (Å²) in [6, 6.07) is 24.2. The second-order valence-corrected chi connectivity index (χ2v) is 9.04. The Balaban J connectivity index is 1.55. The summed E-state index contributed by atoms with van der Waals surface area (Å²) in [5, 5.41) is 10.7. The van der Waals surface area contributed by atoms with Gasteiger partial charge >= 0.3 is 0 Å². The number of aryl methyl sites for hydroxylation is 1. The molecule has 0 saturated heterocycles. The lowest BCUT2D eigenvalue weighted by atomic mass is 10.1. The van der Waals surface area contributed by atoms with E-state index in [1.54, 1.807) is 37.4 Å². The molecule has 0 N–H and O–H groups in total. The zero-order chi connectivity index (χ0) is 25.1. The van der Waals surface area contributed by atoms with Crippen LogP contribution in [0.5, 0.6) is 5.75 Å². The molecule has 0 bridgehead atoms. The number of hydrogen-bond acceptors (Lipinski definition) is 6. The molecule has 0 spiro atoms. The maximum absolute atomic E-state index is 13.6. The van der Waals surface area contributed by atoms with Gasteiger partial charge in [-0.25, -0.2) is 4.98 Å². The summed E-state index contributed by atoms with van der Waals surface area (Å²) in [4.78, 5) is 31.7. The molecular formula is C28H22N4O3S. The van der Waals surface area contributed by atoms with Crippen LogP contribution in [-0.2, 0) is 6.54 Å². The zero-order valence-electron chi connectivity index (χ0n) is 19.5. The molecule has 8 heteroatoms. The van der Waals surface area contributed by atoms with Crippen LogP contribution < -0.4 is 10.3 Å². The number of carbonyl (C=O) groups is 1. The number of nitrogens with zero attached hydrogens (tertiary/aromatic N) is 4. The third-order valence-electron chi connectivity index (χ3n) is 5.96. The third-order valence-corrected chi connectivity index (χ3v) is 6.90. The number of ketones is 1. The zero-order valence-corrected chi connectivity index (χ0v) is 20.4. The Kier molecular flexibility index (Phi) is 6.56. The number of benzene rings is 3. The molecule has 0 aliphatic rings. The van der Waals surface area contributed by atoms with E-state index in [1.165, 1.54) is 16.3 Å². The number of carbonyl (C=O) groups excluding carboxylic acids is 1. The molecule has 2 aromatic heterocycles. The average molecular weight is 495 g/mol. The van der Waals surface area contributed by atoms with Gasteiger partial charge in [-0.3, -0.25) is 14.2 Å². The normalized spacial score (nSPS) is 11.0. The number of nitriles is 1. The standard InChI is InChI=1S/C28H22N4O3S/c1-35-26-14-7-6-13-24(26)32-27(34)20-10-2-4-11-22(20)30-28(32)36-18-25(33)21-17-31(16-8-15-29)23-12-5-3-9-19(21)23/h2-7,9-14,17H,8,16,18H2,1H3. The topological polar surface area (TPSA) is 89.9 Å². The molecule has 0 atom stereocenters. The fraction of sp³-hybridized carbons (Fsp3) is 0.143. The van der Waals surface area contributed by atoms with Gasteiger partial charge in [-0.05, 0) is 30.3 Å². The maximum Gasteiger partial charge on any atom is 0.266 e. The summed E-state index contributed by atoms with van der Waals surface area (Å²) in [5.74, 6) is 0.540. The van der Waals surface area contributed by atoms with Crippen molar-refractivity contribution >= 4 is 39.4 Å². The van der Waals surface area contributed by atoms with Crippen LogP contribution >= 0.6 is 11.8 Å². The maximum atomic E-state index is 13.6. The van der Waals surface area contributed by atoms with Gasteiger partial charge in [0, 0.05) is 29.2 Å². The molecule has 0 unspecified atom stereocenters. The molecule has 0 fully saturated rings. The first-order valence-electron chi connectivity index (χ1n) is 11.4. The molecule has 178 valence electrons. The van der Waals surface area contributed by atoms with Crippen molar-refractivity contribution in [3.8, 4) is 17.5 Å². The molecular weight excluding hydrogens is 472 g/mol. The van der Waals surface area contributed by atoms with Crippen molar-refractivity contribution in [2.24, 2.45) is 0 Å². The van der Waals surface area contributed by atoms with Gasteiger partial charge in [-0.15, -0.1) is 0 Å². The molecule has 5 rings (SSSR count). The number of methoxy groups -OCH3 is 1. The van der Waals surface area contributed by atoms with Crippen molar-refractivity contribution < 1.29 is 9.53 Å². The number of aromatic nitrogens is 3. The smallest absolute Gasteiger partial charge is 0.266 e. The van der Waals surface area contributed by atoms with Gasteiger partial charge in [0.1, 0.15) is 5.75 Å². The SMILES string of the molecule is COc1ccccc1-n1c(SCC(=O)c2cn(CCC#N)c3ccccc23)nc2ccccc2c1=O. The van der Waals surface area contributed by atoms with Crippen LogP contribution in [0, 0.1) is 11.3 Å². The lowest BCUT2D eigenvalue weighted by molar-refractivity contribution is 0.102. The minimum atomic E-state index is -0.229. The predicted molar refractivity (Wildman–Crippen MR) is 141 cm³/mol. The van der Waals surface area contributed by atoms with Gasteiger partial charge < -0.3 is 9.30 Å². The largest absolute Gasteiger partial charge is 0.495 e. The summed E-state index contributed by atoms with van der Waals surface area (Å²) in [5.41, 5.74) is 2.40. The Morgan fingerprint density at radius 1 is 1.03 bits per heavy atom. The number of thioether (sulfide) groups is 1. The van der Waals surface area contributed by atoms with Crippen molar-refractivity contribution in [1.29, 1.82) is 5.26 Å². The second-order valence-electron chi connectivity index (χ2n) is 8.10. The summed E-state index contributed by atoms with van der Waals surface area (Å²) in [6.45, 7) is 0.511. The van der Waals surface area contributed by atoms with E-state index in [0.29, 0.717) is 46.0 Å². The first-order valence-corrected chi connectivity index (χ1v) is 12.4. The van der Waals surface area contributed by atoms with Gasteiger partial charge in [0.25, 0.3) is 5.56 Å². The summed E-state index contributed by atoms with van der Waals surface area (Å²) < 4.78 is 8.96. The molecule has 2 heterocycles. The predicted octanol–water partition coefficient (Wildman–Crippen LogP) is 5.24. The highest BCUT2D eigenvalue weighted by molar-refractivity contribution is 7.99. The molecule has 0 radical (unpaired) electrons. The Morgan fingerprint density at radius 3 is 2.56 bits per heavy atom. The van der Waals surface area contributed by atoms with Gasteiger partial charge in [0.05, 0.1) is 41.9 Å². The van der Waals surface area contributed by atoms with E-state index in [0.717, 1.165) is 10.9 Å². The van der Waals surface area contributed by atoms with Gasteiger partial charge in [-0.2, -0.15) is 5.26 Å². The number of fused-ring (bicyclic) bond motifs is 2. The summed E-state index contributed by atoms with van der Waals surface area (Å²) >= 11 is 1.21. The van der Waals surface area contributed by atoms with Crippen molar-refractivity contribution in [1.82, 2.24) is 14.1 Å². The quantitative estimate of drug-likeness (QED) is 0.167. The highest BCUT2D eigenvalue weighted by Crippen LogP contribution is 2.29. The number of ether oxygens (including phenoxy) is 1. The van der Waals surface area contributed by atoms with Crippen LogP contribution in [0.4, 0.5) is 0 Å². The molecule has 0 aliphatic carbocycles. The van der Waals surface area contributed by atoms with Gasteiger partial charge in [0.15, 0.2) is 10.9 Å². The molecule has 7 nitrogen and oxygen atoms in total. The van der Waals surface area contributed by atoms with Crippen molar-refractivity contribution in [2.75, 3.05) is 12.9 Å². The second kappa shape index (κ2) is 10.1. The fourth-order valence-corrected chi connectivity index (χ4v) is 5.16. The summed E-state index contributed by atoms with van der Waals surface area (Å²) in [7, 11) is 1.55. The molecule has 5 aromatic rings. The Bertz CT molecular complexity index is 1700. The van der Waals surface area contributed by atoms with Crippen LogP contribution in [0.15, 0.2) is 88.9 Å². The molecule has 0 aliphatic heterocycles. The van der Waals surface area contributed by atoms with E-state index in [2.05, 4.69) is 6.07 Å². The van der Waals surface area contributed by atoms with E-state index in [1.807, 2.05) is 53.2 Å².